The van der Waals surface area contributed by atoms with E-state index < -0.39 is 11.7 Å². The highest BCUT2D eigenvalue weighted by Gasteiger charge is 2.29. The highest BCUT2D eigenvalue weighted by molar-refractivity contribution is 5.90. The molecule has 0 saturated heterocycles. The molecule has 1 aromatic carbocycles. The molecule has 116 valence electrons. The van der Waals surface area contributed by atoms with Crippen molar-refractivity contribution in [2.24, 2.45) is 0 Å². The lowest BCUT2D eigenvalue weighted by Gasteiger charge is -2.09. The molecule has 2 aromatic rings. The van der Waals surface area contributed by atoms with Gasteiger partial charge in [-0.25, -0.2) is 4.98 Å². The first-order valence-electron chi connectivity index (χ1n) is 6.58. The van der Waals surface area contributed by atoms with Crippen molar-refractivity contribution >= 4 is 23.1 Å². The molecule has 2 N–H and O–H groups in total. The molecule has 4 nitrogen and oxygen atoms in total. The van der Waals surface area contributed by atoms with Crippen LogP contribution in [0.15, 0.2) is 42.6 Å². The van der Waals surface area contributed by atoms with Crippen molar-refractivity contribution in [3.8, 4) is 0 Å². The molecule has 1 heterocycles. The maximum Gasteiger partial charge on any atom is 0.416 e. The molecular weight excluding hydrogens is 295 g/mol. The van der Waals surface area contributed by atoms with E-state index in [9.17, 15) is 18.0 Å². The summed E-state index contributed by atoms with van der Waals surface area (Å²) < 4.78 is 37.4. The van der Waals surface area contributed by atoms with Crippen LogP contribution in [0.3, 0.4) is 0 Å². The van der Waals surface area contributed by atoms with E-state index in [2.05, 4.69) is 15.6 Å². The fourth-order valence-corrected chi connectivity index (χ4v) is 1.68. The summed E-state index contributed by atoms with van der Waals surface area (Å²) in [5.74, 6) is 0.347. The van der Waals surface area contributed by atoms with Gasteiger partial charge in [0, 0.05) is 12.1 Å². The number of aromatic nitrogens is 1. The number of rotatable bonds is 4. The fourth-order valence-electron chi connectivity index (χ4n) is 1.68. The fraction of sp³-hybridized carbons (Fsp3) is 0.200. The van der Waals surface area contributed by atoms with Crippen molar-refractivity contribution in [3.63, 3.8) is 0 Å². The van der Waals surface area contributed by atoms with Crippen molar-refractivity contribution in [2.75, 3.05) is 10.6 Å². The smallest absolute Gasteiger partial charge is 0.340 e. The molecule has 0 fully saturated rings. The minimum Gasteiger partial charge on any atom is -0.340 e. The van der Waals surface area contributed by atoms with Crippen molar-refractivity contribution in [1.29, 1.82) is 0 Å². The van der Waals surface area contributed by atoms with Crippen LogP contribution in [0.4, 0.5) is 30.4 Å². The van der Waals surface area contributed by atoms with Crippen LogP contribution < -0.4 is 10.6 Å². The summed E-state index contributed by atoms with van der Waals surface area (Å²) in [5.41, 5.74) is 0.347. The second-order valence-electron chi connectivity index (χ2n) is 4.53. The first-order valence-corrected chi connectivity index (χ1v) is 6.58. The minimum absolute atomic E-state index is 0.120. The molecule has 0 aliphatic heterocycles. The number of halogens is 3. The van der Waals surface area contributed by atoms with Crippen LogP contribution in [0.1, 0.15) is 18.9 Å². The van der Waals surface area contributed by atoms with Gasteiger partial charge in [0.2, 0.25) is 5.91 Å². The zero-order valence-corrected chi connectivity index (χ0v) is 11.7. The quantitative estimate of drug-likeness (QED) is 0.890. The van der Waals surface area contributed by atoms with Crippen molar-refractivity contribution < 1.29 is 18.0 Å². The molecule has 7 heteroatoms. The van der Waals surface area contributed by atoms with Gasteiger partial charge in [0.15, 0.2) is 0 Å². The molecule has 0 unspecified atom stereocenters. The molecule has 2 rings (SSSR count). The monoisotopic (exact) mass is 309 g/mol. The third kappa shape index (κ3) is 4.21. The number of anilines is 3. The van der Waals surface area contributed by atoms with Crippen LogP contribution in [-0.4, -0.2) is 10.9 Å². The Labute approximate surface area is 125 Å². The van der Waals surface area contributed by atoms with Gasteiger partial charge in [-0.05, 0) is 36.4 Å². The SMILES string of the molecule is CCC(=O)Nc1ccc(Nc2ccc(C(F)(F)F)cc2)nc1. The molecule has 0 spiro atoms. The summed E-state index contributed by atoms with van der Waals surface area (Å²) in [6.45, 7) is 1.74. The molecule has 0 radical (unpaired) electrons. The summed E-state index contributed by atoms with van der Waals surface area (Å²) >= 11 is 0. The first-order chi connectivity index (χ1) is 10.4. The topological polar surface area (TPSA) is 54.0 Å². The number of carbonyl (C=O) groups is 1. The molecular formula is C15H14F3N3O. The van der Waals surface area contributed by atoms with Gasteiger partial charge in [0.1, 0.15) is 5.82 Å². The van der Waals surface area contributed by atoms with Crippen LogP contribution in [0.5, 0.6) is 0 Å². The molecule has 1 aromatic heterocycles. The van der Waals surface area contributed by atoms with E-state index in [4.69, 9.17) is 0 Å². The largest absolute Gasteiger partial charge is 0.416 e. The Morgan fingerprint density at radius 3 is 2.23 bits per heavy atom. The molecule has 0 atom stereocenters. The van der Waals surface area contributed by atoms with Crippen molar-refractivity contribution in [2.45, 2.75) is 19.5 Å². The highest BCUT2D eigenvalue weighted by atomic mass is 19.4. The summed E-state index contributed by atoms with van der Waals surface area (Å²) in [5, 5.41) is 5.54. The molecule has 1 amide bonds. The summed E-state index contributed by atoms with van der Waals surface area (Å²) in [7, 11) is 0. The van der Waals surface area contributed by atoms with Crippen LogP contribution in [0.2, 0.25) is 0 Å². The Morgan fingerprint density at radius 1 is 1.09 bits per heavy atom. The zero-order valence-electron chi connectivity index (χ0n) is 11.7. The normalized spacial score (nSPS) is 11.1. The number of hydrogen-bond donors (Lipinski definition) is 2. The van der Waals surface area contributed by atoms with Crippen LogP contribution in [-0.2, 0) is 11.0 Å². The average molecular weight is 309 g/mol. The van der Waals surface area contributed by atoms with Gasteiger partial charge in [-0.2, -0.15) is 13.2 Å². The van der Waals surface area contributed by atoms with E-state index in [-0.39, 0.29) is 5.91 Å². The molecule has 0 bridgehead atoms. The molecule has 0 saturated carbocycles. The van der Waals surface area contributed by atoms with Gasteiger partial charge in [-0.15, -0.1) is 0 Å². The number of pyridine rings is 1. The Hall–Kier alpha value is -2.57. The minimum atomic E-state index is -4.35. The van der Waals surface area contributed by atoms with Crippen LogP contribution >= 0.6 is 0 Å². The number of hydrogen-bond acceptors (Lipinski definition) is 3. The number of amides is 1. The van der Waals surface area contributed by atoms with E-state index in [1.807, 2.05) is 0 Å². The van der Waals surface area contributed by atoms with Gasteiger partial charge < -0.3 is 10.6 Å². The summed E-state index contributed by atoms with van der Waals surface area (Å²) in [4.78, 5) is 15.3. The van der Waals surface area contributed by atoms with E-state index >= 15 is 0 Å². The van der Waals surface area contributed by atoms with Crippen LogP contribution in [0, 0.1) is 0 Å². The second-order valence-corrected chi connectivity index (χ2v) is 4.53. The Kier molecular flexibility index (Phi) is 4.65. The predicted molar refractivity (Wildman–Crippen MR) is 77.9 cm³/mol. The van der Waals surface area contributed by atoms with Gasteiger partial charge in [0.05, 0.1) is 17.4 Å². The molecule has 22 heavy (non-hydrogen) atoms. The van der Waals surface area contributed by atoms with Gasteiger partial charge in [-0.3, -0.25) is 4.79 Å². The third-order valence-corrected chi connectivity index (χ3v) is 2.85. The summed E-state index contributed by atoms with van der Waals surface area (Å²) in [6.07, 6.45) is -2.51. The number of alkyl halides is 3. The maximum atomic E-state index is 12.5. The average Bonchev–Trinajstić information content (AvgIpc) is 2.49. The number of nitrogens with zero attached hydrogens (tertiary/aromatic N) is 1. The van der Waals surface area contributed by atoms with E-state index in [0.717, 1.165) is 12.1 Å². The van der Waals surface area contributed by atoms with E-state index in [1.54, 1.807) is 19.1 Å². The van der Waals surface area contributed by atoms with E-state index in [0.29, 0.717) is 23.6 Å². The van der Waals surface area contributed by atoms with Gasteiger partial charge in [-0.1, -0.05) is 6.92 Å². The van der Waals surface area contributed by atoms with E-state index in [1.165, 1.54) is 18.3 Å². The molecule has 0 aliphatic carbocycles. The Bertz CT molecular complexity index is 637. The first kappa shape index (κ1) is 15.8. The molecule has 0 aliphatic rings. The van der Waals surface area contributed by atoms with Crippen molar-refractivity contribution in [3.05, 3.63) is 48.2 Å². The zero-order chi connectivity index (χ0) is 16.2. The Balaban J connectivity index is 2.03. The lowest BCUT2D eigenvalue weighted by molar-refractivity contribution is -0.137. The second kappa shape index (κ2) is 6.46. The predicted octanol–water partition coefficient (Wildman–Crippen LogP) is 4.19. The van der Waals surface area contributed by atoms with Gasteiger partial charge in [0.25, 0.3) is 0 Å². The number of carbonyl (C=O) groups excluding carboxylic acids is 1. The Morgan fingerprint density at radius 2 is 1.73 bits per heavy atom. The third-order valence-electron chi connectivity index (χ3n) is 2.85. The summed E-state index contributed by atoms with van der Waals surface area (Å²) in [6, 6.07) is 7.95. The van der Waals surface area contributed by atoms with Crippen molar-refractivity contribution in [1.82, 2.24) is 4.98 Å². The number of benzene rings is 1. The lowest BCUT2D eigenvalue weighted by atomic mass is 10.2. The maximum absolute atomic E-state index is 12.5. The lowest BCUT2D eigenvalue weighted by Crippen LogP contribution is -2.09. The van der Waals surface area contributed by atoms with Crippen LogP contribution in [0.25, 0.3) is 0 Å². The van der Waals surface area contributed by atoms with Gasteiger partial charge >= 0.3 is 6.18 Å². The standard InChI is InChI=1S/C15H14F3N3O/c1-2-14(22)21-12-7-8-13(19-9-12)20-11-5-3-10(4-6-11)15(16,17)18/h3-9H,2H2,1H3,(H,19,20)(H,21,22). The highest BCUT2D eigenvalue weighted by Crippen LogP contribution is 2.30. The number of nitrogens with one attached hydrogen (secondary N) is 2.